The molecule has 0 fully saturated rings. The van der Waals surface area contributed by atoms with E-state index in [1.54, 1.807) is 6.20 Å². The summed E-state index contributed by atoms with van der Waals surface area (Å²) in [7, 11) is -3.21. The minimum absolute atomic E-state index is 0.411. The smallest absolute Gasteiger partial charge is 0.304 e. The number of hydrogen-bond donors (Lipinski definition) is 1. The van der Waals surface area contributed by atoms with Crippen LogP contribution in [0.5, 0.6) is 6.01 Å². The van der Waals surface area contributed by atoms with E-state index in [-0.39, 0.29) is 0 Å². The lowest BCUT2D eigenvalue weighted by atomic mass is 10.3. The van der Waals surface area contributed by atoms with Crippen molar-refractivity contribution in [3.63, 3.8) is 0 Å². The molecular weight excluding hydrogens is 258 g/mol. The Morgan fingerprint density at radius 1 is 1.22 bits per heavy atom. The van der Waals surface area contributed by atoms with Crippen LogP contribution in [-0.4, -0.2) is 26.5 Å². The first kappa shape index (κ1) is 14.7. The maximum Gasteiger partial charge on any atom is 0.304 e. The summed E-state index contributed by atoms with van der Waals surface area (Å²) < 4.78 is 5.78. The Kier molecular flexibility index (Phi) is 4.19. The molecule has 0 spiro atoms. The molecule has 0 aliphatic heterocycles. The highest BCUT2D eigenvalue weighted by Gasteiger charge is 2.20. The molecule has 98 valence electrons. The van der Waals surface area contributed by atoms with E-state index >= 15 is 0 Å². The molecule has 4 nitrogen and oxygen atoms in total. The second-order valence-electron chi connectivity index (χ2n) is 6.15. The van der Waals surface area contributed by atoms with Crippen molar-refractivity contribution in [3.05, 3.63) is 11.8 Å². The van der Waals surface area contributed by atoms with Gasteiger partial charge in [0.25, 0.3) is 0 Å². The standard InChI is InChI=1S/C12H21N3OSi2/c1-8-10-9-13-12(16-18(5,6)7)14-11(10)15-17(2,3)4/h1,9H,2-7H3,(H,13,14,15). The Morgan fingerprint density at radius 2 is 1.83 bits per heavy atom. The monoisotopic (exact) mass is 279 g/mol. The van der Waals surface area contributed by atoms with Gasteiger partial charge in [-0.2, -0.15) is 4.98 Å². The van der Waals surface area contributed by atoms with Gasteiger partial charge in [0.2, 0.25) is 8.32 Å². The van der Waals surface area contributed by atoms with Crippen LogP contribution in [0.1, 0.15) is 5.56 Å². The SMILES string of the molecule is C#Cc1cnc(O[Si](C)(C)C)nc1N[Si](C)(C)C. The minimum atomic E-state index is -1.70. The lowest BCUT2D eigenvalue weighted by Gasteiger charge is -2.22. The van der Waals surface area contributed by atoms with Gasteiger partial charge < -0.3 is 9.41 Å². The average molecular weight is 279 g/mol. The maximum absolute atomic E-state index is 5.78. The van der Waals surface area contributed by atoms with Crippen molar-refractivity contribution in [2.75, 3.05) is 4.98 Å². The van der Waals surface area contributed by atoms with Gasteiger partial charge in [-0.1, -0.05) is 25.6 Å². The van der Waals surface area contributed by atoms with E-state index < -0.39 is 16.6 Å². The van der Waals surface area contributed by atoms with Gasteiger partial charge in [-0.25, -0.2) is 4.98 Å². The van der Waals surface area contributed by atoms with Gasteiger partial charge in [0.05, 0.1) is 11.8 Å². The van der Waals surface area contributed by atoms with E-state index in [4.69, 9.17) is 10.8 Å². The molecule has 1 aromatic heterocycles. The van der Waals surface area contributed by atoms with Crippen molar-refractivity contribution in [2.45, 2.75) is 39.3 Å². The van der Waals surface area contributed by atoms with Crippen molar-refractivity contribution in [1.82, 2.24) is 9.97 Å². The summed E-state index contributed by atoms with van der Waals surface area (Å²) >= 11 is 0. The van der Waals surface area contributed by atoms with Crippen LogP contribution in [0.25, 0.3) is 0 Å². The van der Waals surface area contributed by atoms with E-state index in [0.29, 0.717) is 17.4 Å². The summed E-state index contributed by atoms with van der Waals surface area (Å²) in [5.41, 5.74) is 0.681. The zero-order chi connectivity index (χ0) is 14.0. The largest absolute Gasteiger partial charge is 0.518 e. The maximum atomic E-state index is 5.78. The fourth-order valence-corrected chi connectivity index (χ4v) is 2.79. The molecule has 0 aliphatic rings. The lowest BCUT2D eigenvalue weighted by Crippen LogP contribution is -2.34. The molecule has 18 heavy (non-hydrogen) atoms. The van der Waals surface area contributed by atoms with Crippen LogP contribution in [0.4, 0.5) is 5.82 Å². The summed E-state index contributed by atoms with van der Waals surface area (Å²) in [6, 6.07) is 0.411. The first-order valence-corrected chi connectivity index (χ1v) is 12.8. The molecule has 0 amide bonds. The molecule has 0 saturated heterocycles. The van der Waals surface area contributed by atoms with Crippen LogP contribution in [0.2, 0.25) is 39.3 Å². The normalized spacial score (nSPS) is 11.8. The van der Waals surface area contributed by atoms with E-state index in [9.17, 15) is 0 Å². The average Bonchev–Trinajstić information content (AvgIpc) is 2.12. The Balaban J connectivity index is 3.07. The molecule has 1 heterocycles. The van der Waals surface area contributed by atoms with Gasteiger partial charge in [-0.05, 0) is 19.6 Å². The fourth-order valence-electron chi connectivity index (χ4n) is 1.24. The molecule has 1 aromatic rings. The van der Waals surface area contributed by atoms with Crippen LogP contribution < -0.4 is 9.41 Å². The van der Waals surface area contributed by atoms with Crippen LogP contribution >= 0.6 is 0 Å². The Hall–Kier alpha value is -1.33. The van der Waals surface area contributed by atoms with E-state index in [1.165, 1.54) is 0 Å². The summed E-state index contributed by atoms with van der Waals surface area (Å²) in [5.74, 6) is 3.31. The molecule has 1 rings (SSSR count). The molecule has 0 aliphatic carbocycles. The predicted molar refractivity (Wildman–Crippen MR) is 80.9 cm³/mol. The topological polar surface area (TPSA) is 47.0 Å². The van der Waals surface area contributed by atoms with Gasteiger partial charge in [0.1, 0.15) is 14.1 Å². The van der Waals surface area contributed by atoms with Crippen LogP contribution in [0.15, 0.2) is 6.20 Å². The number of aromatic nitrogens is 2. The van der Waals surface area contributed by atoms with Crippen LogP contribution in [0, 0.1) is 12.3 Å². The Morgan fingerprint density at radius 3 is 2.28 bits per heavy atom. The van der Waals surface area contributed by atoms with E-state index in [0.717, 1.165) is 0 Å². The molecule has 6 heteroatoms. The molecule has 0 atom stereocenters. The summed E-state index contributed by atoms with van der Waals surface area (Å²) in [6.45, 7) is 12.8. The van der Waals surface area contributed by atoms with Crippen molar-refractivity contribution in [3.8, 4) is 18.4 Å². The number of nitrogens with one attached hydrogen (secondary N) is 1. The summed E-state index contributed by atoms with van der Waals surface area (Å²) in [4.78, 5) is 12.0. The van der Waals surface area contributed by atoms with Crippen LogP contribution in [0.3, 0.4) is 0 Å². The Bertz CT molecular complexity index is 470. The molecule has 0 unspecified atom stereocenters. The number of rotatable bonds is 4. The molecule has 1 N–H and O–H groups in total. The third-order valence-corrected chi connectivity index (χ3v) is 3.59. The second-order valence-corrected chi connectivity index (χ2v) is 15.3. The quantitative estimate of drug-likeness (QED) is 0.680. The number of hydrogen-bond acceptors (Lipinski definition) is 4. The predicted octanol–water partition coefficient (Wildman–Crippen LogP) is 2.92. The Labute approximate surface area is 111 Å². The molecule has 0 aromatic carbocycles. The van der Waals surface area contributed by atoms with E-state index in [2.05, 4.69) is 60.2 Å². The second kappa shape index (κ2) is 5.12. The minimum Gasteiger partial charge on any atom is -0.518 e. The zero-order valence-electron chi connectivity index (χ0n) is 12.0. The van der Waals surface area contributed by atoms with Gasteiger partial charge in [0.15, 0.2) is 0 Å². The highest BCUT2D eigenvalue weighted by Crippen LogP contribution is 2.19. The van der Waals surface area contributed by atoms with Crippen molar-refractivity contribution < 1.29 is 4.43 Å². The molecular formula is C12H21N3OSi2. The highest BCUT2D eigenvalue weighted by molar-refractivity contribution is 6.79. The molecule has 0 saturated carbocycles. The third kappa shape index (κ3) is 4.90. The van der Waals surface area contributed by atoms with Gasteiger partial charge in [0, 0.05) is 0 Å². The molecule has 0 bridgehead atoms. The first-order chi connectivity index (χ1) is 8.11. The first-order valence-electron chi connectivity index (χ1n) is 5.91. The summed E-state index contributed by atoms with van der Waals surface area (Å²) in [5, 5.41) is 0. The fraction of sp³-hybridized carbons (Fsp3) is 0.500. The number of anilines is 1. The zero-order valence-corrected chi connectivity index (χ0v) is 14.0. The lowest BCUT2D eigenvalue weighted by molar-refractivity contribution is 0.510. The third-order valence-electron chi connectivity index (χ3n) is 1.81. The molecule has 0 radical (unpaired) electrons. The summed E-state index contributed by atoms with van der Waals surface area (Å²) in [6.07, 6.45) is 7.10. The van der Waals surface area contributed by atoms with Crippen LogP contribution in [-0.2, 0) is 0 Å². The van der Waals surface area contributed by atoms with E-state index in [1.807, 2.05) is 0 Å². The number of terminal acetylenes is 1. The van der Waals surface area contributed by atoms with Gasteiger partial charge >= 0.3 is 6.01 Å². The highest BCUT2D eigenvalue weighted by atomic mass is 28.4. The number of nitrogens with zero attached hydrogens (tertiary/aromatic N) is 2. The van der Waals surface area contributed by atoms with Gasteiger partial charge in [-0.3, -0.25) is 0 Å². The van der Waals surface area contributed by atoms with Crippen molar-refractivity contribution in [2.24, 2.45) is 0 Å². The van der Waals surface area contributed by atoms with Gasteiger partial charge in [-0.15, -0.1) is 6.42 Å². The van der Waals surface area contributed by atoms with Crippen molar-refractivity contribution in [1.29, 1.82) is 0 Å². The van der Waals surface area contributed by atoms with Crippen molar-refractivity contribution >= 4 is 22.4 Å².